The summed E-state index contributed by atoms with van der Waals surface area (Å²) < 4.78 is 29.3. The van der Waals surface area contributed by atoms with Crippen molar-refractivity contribution in [3.8, 4) is 0 Å². The van der Waals surface area contributed by atoms with Crippen molar-refractivity contribution in [1.82, 2.24) is 10.2 Å². The molecule has 2 amide bonds. The van der Waals surface area contributed by atoms with Crippen LogP contribution in [0.5, 0.6) is 0 Å². The van der Waals surface area contributed by atoms with E-state index in [-0.39, 0.29) is 29.8 Å². The van der Waals surface area contributed by atoms with Gasteiger partial charge in [0, 0.05) is 24.0 Å². The number of hydrogen-bond acceptors (Lipinski definition) is 4. The zero-order chi connectivity index (χ0) is 32.6. The predicted molar refractivity (Wildman–Crippen MR) is 181 cm³/mol. The maximum Gasteiger partial charge on any atom is 0.264 e. The number of hydrogen-bond donors (Lipinski definition) is 1. The molecule has 0 aliphatic heterocycles. The van der Waals surface area contributed by atoms with Crippen LogP contribution >= 0.6 is 11.6 Å². The minimum absolute atomic E-state index is 0.000795. The Kier molecular flexibility index (Phi) is 11.4. The molecule has 1 N–H and O–H groups in total. The highest BCUT2D eigenvalue weighted by atomic mass is 35.5. The lowest BCUT2D eigenvalue weighted by atomic mass is 10.0. The molecule has 0 saturated heterocycles. The molecule has 0 aliphatic rings. The Balaban J connectivity index is 1.80. The number of benzene rings is 4. The van der Waals surface area contributed by atoms with Crippen LogP contribution in [0.25, 0.3) is 0 Å². The number of anilines is 1. The van der Waals surface area contributed by atoms with E-state index in [1.165, 1.54) is 29.2 Å². The molecule has 0 radical (unpaired) electrons. The number of sulfonamides is 1. The molecule has 0 aromatic heterocycles. The number of halogens is 1. The highest BCUT2D eigenvalue weighted by Gasteiger charge is 2.35. The van der Waals surface area contributed by atoms with Crippen LogP contribution in [0.1, 0.15) is 42.5 Å². The molecule has 4 aromatic carbocycles. The van der Waals surface area contributed by atoms with Gasteiger partial charge in [0.2, 0.25) is 11.8 Å². The second kappa shape index (κ2) is 15.2. The molecule has 0 saturated carbocycles. The summed E-state index contributed by atoms with van der Waals surface area (Å²) in [6.45, 7) is 7.37. The molecule has 7 nitrogen and oxygen atoms in total. The van der Waals surface area contributed by atoms with Crippen LogP contribution in [-0.4, -0.2) is 43.8 Å². The van der Waals surface area contributed by atoms with Crippen LogP contribution in [0.4, 0.5) is 5.69 Å². The standard InChI is InChI=1S/C36H40ClN3O4S/c1-5-28(4)38-36(42)34(23-29-11-7-6-8-12-29)39(24-30-13-9-10-27(3)22-30)35(41)25-40(32-18-14-26(2)15-19-32)45(43,44)33-20-16-31(37)17-21-33/h6-22,28,34H,5,23-25H2,1-4H3,(H,38,42)/t28-,34-/m1/s1. The number of aryl methyl sites for hydroxylation is 2. The first kappa shape index (κ1) is 33.7. The third-order valence-electron chi connectivity index (χ3n) is 7.71. The van der Waals surface area contributed by atoms with E-state index in [0.29, 0.717) is 10.7 Å². The Morgan fingerprint density at radius 1 is 0.822 bits per heavy atom. The molecule has 0 fully saturated rings. The van der Waals surface area contributed by atoms with Gasteiger partial charge in [-0.2, -0.15) is 0 Å². The summed E-state index contributed by atoms with van der Waals surface area (Å²) >= 11 is 6.06. The summed E-state index contributed by atoms with van der Waals surface area (Å²) in [5, 5.41) is 3.45. The smallest absolute Gasteiger partial charge is 0.264 e. The molecular weight excluding hydrogens is 606 g/mol. The van der Waals surface area contributed by atoms with Crippen LogP contribution in [-0.2, 0) is 32.6 Å². The molecule has 0 spiro atoms. The Morgan fingerprint density at radius 2 is 1.47 bits per heavy atom. The molecule has 4 aromatic rings. The van der Waals surface area contributed by atoms with Gasteiger partial charge in [-0.05, 0) is 74.7 Å². The summed E-state index contributed by atoms with van der Waals surface area (Å²) in [5.41, 5.74) is 4.01. The molecule has 2 atom stereocenters. The van der Waals surface area contributed by atoms with Crippen molar-refractivity contribution < 1.29 is 18.0 Å². The van der Waals surface area contributed by atoms with E-state index in [1.54, 1.807) is 24.3 Å². The number of nitrogens with zero attached hydrogens (tertiary/aromatic N) is 2. The average Bonchev–Trinajstić information content (AvgIpc) is 3.02. The third kappa shape index (κ3) is 8.96. The largest absolute Gasteiger partial charge is 0.352 e. The predicted octanol–water partition coefficient (Wildman–Crippen LogP) is 6.71. The van der Waals surface area contributed by atoms with Crippen molar-refractivity contribution in [2.24, 2.45) is 0 Å². The van der Waals surface area contributed by atoms with E-state index in [1.807, 2.05) is 82.3 Å². The fourth-order valence-corrected chi connectivity index (χ4v) is 6.52. The van der Waals surface area contributed by atoms with Crippen LogP contribution < -0.4 is 9.62 Å². The number of nitrogens with one attached hydrogen (secondary N) is 1. The summed E-state index contributed by atoms with van der Waals surface area (Å²) in [4.78, 5) is 30.0. The molecule has 0 aliphatic carbocycles. The van der Waals surface area contributed by atoms with E-state index < -0.39 is 28.5 Å². The van der Waals surface area contributed by atoms with Crippen LogP contribution in [0.2, 0.25) is 5.02 Å². The number of carbonyl (C=O) groups is 2. The molecule has 0 bridgehead atoms. The van der Waals surface area contributed by atoms with Crippen molar-refractivity contribution in [3.05, 3.63) is 130 Å². The summed E-state index contributed by atoms with van der Waals surface area (Å²) in [7, 11) is -4.19. The highest BCUT2D eigenvalue weighted by Crippen LogP contribution is 2.26. The van der Waals surface area contributed by atoms with E-state index >= 15 is 0 Å². The van der Waals surface area contributed by atoms with Crippen LogP contribution in [0.3, 0.4) is 0 Å². The van der Waals surface area contributed by atoms with Gasteiger partial charge >= 0.3 is 0 Å². The van der Waals surface area contributed by atoms with Gasteiger partial charge in [0.15, 0.2) is 0 Å². The van der Waals surface area contributed by atoms with Crippen molar-refractivity contribution in [1.29, 1.82) is 0 Å². The zero-order valence-electron chi connectivity index (χ0n) is 26.1. The lowest BCUT2D eigenvalue weighted by Crippen LogP contribution is -2.54. The Hall–Kier alpha value is -4.14. The summed E-state index contributed by atoms with van der Waals surface area (Å²) in [6, 6.07) is 29.1. The first-order chi connectivity index (χ1) is 21.5. The van der Waals surface area contributed by atoms with E-state index in [4.69, 9.17) is 11.6 Å². The molecule has 45 heavy (non-hydrogen) atoms. The quantitative estimate of drug-likeness (QED) is 0.175. The summed E-state index contributed by atoms with van der Waals surface area (Å²) in [5.74, 6) is -0.800. The first-order valence-corrected chi connectivity index (χ1v) is 16.8. The lowest BCUT2D eigenvalue weighted by Gasteiger charge is -2.34. The van der Waals surface area contributed by atoms with Gasteiger partial charge < -0.3 is 10.2 Å². The molecular formula is C36H40ClN3O4S. The van der Waals surface area contributed by atoms with Gasteiger partial charge in [0.25, 0.3) is 10.0 Å². The normalized spacial score (nSPS) is 12.6. The van der Waals surface area contributed by atoms with Crippen LogP contribution in [0, 0.1) is 13.8 Å². The van der Waals surface area contributed by atoms with Crippen LogP contribution in [0.15, 0.2) is 108 Å². The number of rotatable bonds is 13. The maximum absolute atomic E-state index is 14.5. The van der Waals surface area contributed by atoms with Crippen molar-refractivity contribution in [2.45, 2.75) is 64.1 Å². The second-order valence-electron chi connectivity index (χ2n) is 11.3. The van der Waals surface area contributed by atoms with Crippen molar-refractivity contribution in [3.63, 3.8) is 0 Å². The Morgan fingerprint density at radius 3 is 2.09 bits per heavy atom. The minimum Gasteiger partial charge on any atom is -0.352 e. The second-order valence-corrected chi connectivity index (χ2v) is 13.6. The zero-order valence-corrected chi connectivity index (χ0v) is 27.7. The molecule has 0 unspecified atom stereocenters. The van der Waals surface area contributed by atoms with E-state index in [0.717, 1.165) is 33.0 Å². The van der Waals surface area contributed by atoms with Gasteiger partial charge in [-0.15, -0.1) is 0 Å². The minimum atomic E-state index is -4.19. The molecule has 236 valence electrons. The van der Waals surface area contributed by atoms with E-state index in [9.17, 15) is 18.0 Å². The van der Waals surface area contributed by atoms with Gasteiger partial charge in [0.1, 0.15) is 12.6 Å². The van der Waals surface area contributed by atoms with Crippen molar-refractivity contribution >= 4 is 39.1 Å². The Labute approximate surface area is 271 Å². The monoisotopic (exact) mass is 645 g/mol. The average molecular weight is 646 g/mol. The third-order valence-corrected chi connectivity index (χ3v) is 9.75. The van der Waals surface area contributed by atoms with Gasteiger partial charge in [-0.1, -0.05) is 96.4 Å². The molecule has 4 rings (SSSR count). The maximum atomic E-state index is 14.5. The van der Waals surface area contributed by atoms with Gasteiger partial charge in [-0.25, -0.2) is 8.42 Å². The van der Waals surface area contributed by atoms with Gasteiger partial charge in [0.05, 0.1) is 10.6 Å². The summed E-state index contributed by atoms with van der Waals surface area (Å²) in [6.07, 6.45) is 0.977. The number of carbonyl (C=O) groups excluding carboxylic acids is 2. The first-order valence-electron chi connectivity index (χ1n) is 15.0. The molecule has 9 heteroatoms. The van der Waals surface area contributed by atoms with Crippen molar-refractivity contribution in [2.75, 3.05) is 10.8 Å². The Bertz CT molecular complexity index is 1690. The highest BCUT2D eigenvalue weighted by molar-refractivity contribution is 7.92. The van der Waals surface area contributed by atoms with Gasteiger partial charge in [-0.3, -0.25) is 13.9 Å². The lowest BCUT2D eigenvalue weighted by molar-refractivity contribution is -0.140. The SMILES string of the molecule is CC[C@@H](C)NC(=O)[C@@H](Cc1ccccc1)N(Cc1cccc(C)c1)C(=O)CN(c1ccc(C)cc1)S(=O)(=O)c1ccc(Cl)cc1. The fourth-order valence-electron chi connectivity index (χ4n) is 4.98. The van der Waals surface area contributed by atoms with E-state index in [2.05, 4.69) is 5.32 Å². The topological polar surface area (TPSA) is 86.8 Å². The fraction of sp³-hybridized carbons (Fsp3) is 0.278. The number of amides is 2. The molecule has 0 heterocycles.